The number of aromatic carboxylic acids is 4. The van der Waals surface area contributed by atoms with E-state index in [1.54, 1.807) is 48.5 Å². The maximum Gasteiger partial charge on any atom is 4.00 e. The Kier molecular flexibility index (Phi) is 33.9. The van der Waals surface area contributed by atoms with Gasteiger partial charge in [0, 0.05) is 22.3 Å². The molecule has 0 spiro atoms. The summed E-state index contributed by atoms with van der Waals surface area (Å²) in [5.74, 6) is -7.75. The molecule has 392 valence electrons. The zero-order valence-corrected chi connectivity index (χ0v) is 46.1. The maximum atomic E-state index is 11.8. The van der Waals surface area contributed by atoms with Gasteiger partial charge in [-0.05, 0) is 97.9 Å². The van der Waals surface area contributed by atoms with Gasteiger partial charge in [0.25, 0.3) is 0 Å². The van der Waals surface area contributed by atoms with E-state index in [9.17, 15) is 58.8 Å². The Morgan fingerprint density at radius 2 is 0.507 bits per heavy atom. The van der Waals surface area contributed by atoms with Crippen LogP contribution in [0.25, 0.3) is 0 Å². The SMILES string of the molecule is CCCCOC(=O)c1cccc(CC)c1C(=O)[O-].CCCCOC(=O)c1cccc(CC)c1C(=O)[O-].CCCCOC(=O)c1cccc(CC)c1C(=O)[O-].CCCCOC(=O)c1cccc(CC)c1C(=O)[O-].[Sn+4]. The van der Waals surface area contributed by atoms with E-state index in [0.717, 1.165) is 51.4 Å². The number of hydrogen-bond acceptors (Lipinski definition) is 16. The molecule has 4 rings (SSSR count). The summed E-state index contributed by atoms with van der Waals surface area (Å²) in [5.41, 5.74) is 2.41. The number of aryl methyl sites for hydroxylation is 4. The summed E-state index contributed by atoms with van der Waals surface area (Å²) >= 11 is 0. The molecule has 0 aliphatic heterocycles. The average molecular weight is 1120 g/mol. The van der Waals surface area contributed by atoms with Crippen molar-refractivity contribution in [2.75, 3.05) is 26.4 Å². The van der Waals surface area contributed by atoms with Crippen molar-refractivity contribution in [3.05, 3.63) is 140 Å². The van der Waals surface area contributed by atoms with E-state index in [0.29, 0.717) is 74.4 Å². The van der Waals surface area contributed by atoms with Crippen molar-refractivity contribution in [3.63, 3.8) is 0 Å². The second kappa shape index (κ2) is 37.2. The molecule has 0 atom stereocenters. The molecule has 0 fully saturated rings. The summed E-state index contributed by atoms with van der Waals surface area (Å²) < 4.78 is 20.1. The fraction of sp³-hybridized carbons (Fsp3) is 0.429. The first-order valence-corrected chi connectivity index (χ1v) is 24.5. The van der Waals surface area contributed by atoms with E-state index >= 15 is 0 Å². The van der Waals surface area contributed by atoms with Gasteiger partial charge in [-0.1, -0.05) is 130 Å². The molecule has 0 aromatic heterocycles. The molecular weight excluding hydrogens is 1050 g/mol. The molecule has 0 unspecified atom stereocenters. The van der Waals surface area contributed by atoms with E-state index in [1.807, 2.05) is 55.4 Å². The van der Waals surface area contributed by atoms with Crippen LogP contribution in [-0.4, -0.2) is 98.1 Å². The van der Waals surface area contributed by atoms with Crippen LogP contribution in [0.15, 0.2) is 72.8 Å². The predicted molar refractivity (Wildman–Crippen MR) is 267 cm³/mol. The quantitative estimate of drug-likeness (QED) is 0.0342. The number of ether oxygens (including phenoxy) is 4. The molecule has 0 saturated heterocycles. The number of unbranched alkanes of at least 4 members (excludes halogenated alkanes) is 4. The molecule has 0 amide bonds. The number of carbonyl (C=O) groups excluding carboxylic acids is 8. The molecule has 0 bridgehead atoms. The maximum absolute atomic E-state index is 11.8. The summed E-state index contributed by atoms with van der Waals surface area (Å²) in [6, 6.07) is 19.1. The minimum absolute atomic E-state index is 0. The van der Waals surface area contributed by atoms with Crippen molar-refractivity contribution in [2.45, 2.75) is 132 Å². The van der Waals surface area contributed by atoms with Crippen LogP contribution in [-0.2, 0) is 44.6 Å². The van der Waals surface area contributed by atoms with Crippen LogP contribution in [0.5, 0.6) is 0 Å². The third-order valence-corrected chi connectivity index (χ3v) is 10.7. The summed E-state index contributed by atoms with van der Waals surface area (Å²) in [4.78, 5) is 91.7. The van der Waals surface area contributed by atoms with Gasteiger partial charge in [0.15, 0.2) is 0 Å². The largest absolute Gasteiger partial charge is 4.00 e. The van der Waals surface area contributed by atoms with E-state index in [2.05, 4.69) is 0 Å². The van der Waals surface area contributed by atoms with Crippen LogP contribution in [0.1, 0.15) is 212 Å². The molecule has 16 nitrogen and oxygen atoms in total. The standard InChI is InChI=1S/4C14H18O4.Sn/c4*1-3-5-9-18-14(17)11-8-6-7-10(4-2)12(11)13(15)16;/h4*6-8H,3-5,9H2,1-2H3,(H,15,16);/q;;;;+4/p-4. The second-order valence-corrected chi connectivity index (χ2v) is 15.9. The third-order valence-electron chi connectivity index (χ3n) is 10.7. The van der Waals surface area contributed by atoms with Gasteiger partial charge in [0.1, 0.15) is 0 Å². The Morgan fingerprint density at radius 1 is 0.329 bits per heavy atom. The first-order chi connectivity index (χ1) is 34.5. The molecule has 4 aromatic rings. The van der Waals surface area contributed by atoms with Crippen LogP contribution in [0.4, 0.5) is 0 Å². The Balaban J connectivity index is 0.000000943. The number of carboxylic acids is 4. The Labute approximate surface area is 445 Å². The Morgan fingerprint density at radius 3 is 0.644 bits per heavy atom. The van der Waals surface area contributed by atoms with Gasteiger partial charge in [0.2, 0.25) is 0 Å². The van der Waals surface area contributed by atoms with Crippen molar-refractivity contribution < 1.29 is 77.7 Å². The summed E-state index contributed by atoms with van der Waals surface area (Å²) in [5, 5.41) is 44.5. The van der Waals surface area contributed by atoms with Crippen LogP contribution >= 0.6 is 0 Å². The number of rotatable bonds is 24. The zero-order chi connectivity index (χ0) is 54.2. The zero-order valence-electron chi connectivity index (χ0n) is 43.3. The molecule has 0 aliphatic carbocycles. The van der Waals surface area contributed by atoms with Gasteiger partial charge in [-0.25, -0.2) is 19.2 Å². The molecule has 73 heavy (non-hydrogen) atoms. The smallest absolute Gasteiger partial charge is 0.545 e. The normalized spacial score (nSPS) is 9.97. The fourth-order valence-corrected chi connectivity index (χ4v) is 6.77. The van der Waals surface area contributed by atoms with Crippen LogP contribution in [0.2, 0.25) is 0 Å². The number of carbonyl (C=O) groups is 8. The Hall–Kier alpha value is -6.56. The molecule has 0 heterocycles. The van der Waals surface area contributed by atoms with E-state index in [4.69, 9.17) is 18.9 Å². The second-order valence-electron chi connectivity index (χ2n) is 15.9. The molecule has 0 aliphatic rings. The van der Waals surface area contributed by atoms with Gasteiger partial charge in [0.05, 0.1) is 72.6 Å². The van der Waals surface area contributed by atoms with Crippen molar-refractivity contribution in [1.82, 2.24) is 0 Å². The van der Waals surface area contributed by atoms with E-state index in [-0.39, 0.29) is 68.4 Å². The molecule has 17 heteroatoms. The Bertz CT molecular complexity index is 2090. The van der Waals surface area contributed by atoms with Gasteiger partial charge < -0.3 is 58.6 Å². The number of esters is 4. The van der Waals surface area contributed by atoms with E-state index < -0.39 is 47.8 Å². The number of hydrogen-bond donors (Lipinski definition) is 0. The molecule has 0 radical (unpaired) electrons. The predicted octanol–water partition coefficient (Wildman–Crippen LogP) is 5.90. The third kappa shape index (κ3) is 22.0. The molecule has 4 aromatic carbocycles. The van der Waals surface area contributed by atoms with Crippen molar-refractivity contribution in [2.24, 2.45) is 0 Å². The monoisotopic (exact) mass is 1120 g/mol. The fourth-order valence-electron chi connectivity index (χ4n) is 6.77. The minimum atomic E-state index is -1.34. The molecular formula is C56H68O16Sn. The van der Waals surface area contributed by atoms with Crippen molar-refractivity contribution >= 4 is 71.7 Å². The number of carboxylic acid groups (broad SMARTS) is 4. The molecule has 0 N–H and O–H groups in total. The van der Waals surface area contributed by atoms with Crippen molar-refractivity contribution in [3.8, 4) is 0 Å². The minimum Gasteiger partial charge on any atom is -0.545 e. The summed E-state index contributed by atoms with van der Waals surface area (Å²) in [6.45, 7) is 16.5. The topological polar surface area (TPSA) is 266 Å². The van der Waals surface area contributed by atoms with Gasteiger partial charge in [-0.15, -0.1) is 0 Å². The van der Waals surface area contributed by atoms with E-state index in [1.165, 1.54) is 24.3 Å². The van der Waals surface area contributed by atoms with Crippen LogP contribution in [0.3, 0.4) is 0 Å². The number of benzene rings is 4. The average Bonchev–Trinajstić information content (AvgIpc) is 3.38. The van der Waals surface area contributed by atoms with Gasteiger partial charge >= 0.3 is 47.8 Å². The van der Waals surface area contributed by atoms with Gasteiger partial charge in [-0.3, -0.25) is 0 Å². The summed E-state index contributed by atoms with van der Waals surface area (Å²) in [6.07, 6.45) is 8.81. The first-order valence-electron chi connectivity index (χ1n) is 24.5. The van der Waals surface area contributed by atoms with Crippen LogP contribution in [0, 0.1) is 0 Å². The van der Waals surface area contributed by atoms with Gasteiger partial charge in [-0.2, -0.15) is 0 Å². The summed E-state index contributed by atoms with van der Waals surface area (Å²) in [7, 11) is 0. The van der Waals surface area contributed by atoms with Crippen LogP contribution < -0.4 is 20.4 Å². The molecule has 0 saturated carbocycles. The first kappa shape index (κ1) is 66.4. The van der Waals surface area contributed by atoms with Crippen molar-refractivity contribution in [1.29, 1.82) is 0 Å².